The molecular weight excluding hydrogens is 480 g/mol. The van der Waals surface area contributed by atoms with Gasteiger partial charge >= 0.3 is 0 Å². The first-order valence-electron chi connectivity index (χ1n) is 12.6. The van der Waals surface area contributed by atoms with Crippen molar-refractivity contribution in [2.75, 3.05) is 32.2 Å². The summed E-state index contributed by atoms with van der Waals surface area (Å²) in [6.45, 7) is 6.60. The van der Waals surface area contributed by atoms with E-state index in [1.165, 1.54) is 4.90 Å². The van der Waals surface area contributed by atoms with E-state index >= 15 is 0 Å². The van der Waals surface area contributed by atoms with Gasteiger partial charge in [0, 0.05) is 6.54 Å². The Kier molecular flexibility index (Phi) is 8.05. The molecule has 7 nitrogen and oxygen atoms in total. The maximum Gasteiger partial charge on any atom is 0.294 e. The Morgan fingerprint density at radius 3 is 2.39 bits per heavy atom. The number of hydrogen-bond acceptors (Lipinski definition) is 5. The first-order chi connectivity index (χ1) is 18.2. The molecule has 0 saturated heterocycles. The first-order valence-corrected chi connectivity index (χ1v) is 12.6. The molecule has 0 spiro atoms. The Balaban J connectivity index is 1.53. The number of carbonyl (C=O) groups is 2. The molecule has 4 rings (SSSR count). The Bertz CT molecular complexity index is 1340. The lowest BCUT2D eigenvalue weighted by Crippen LogP contribution is -2.44. The van der Waals surface area contributed by atoms with Crippen LogP contribution in [0.3, 0.4) is 0 Å². The number of amides is 2. The van der Waals surface area contributed by atoms with Crippen LogP contribution in [0.5, 0.6) is 17.2 Å². The Hall–Kier alpha value is -4.26. The predicted octanol–water partition coefficient (Wildman–Crippen LogP) is 5.13. The lowest BCUT2D eigenvalue weighted by Gasteiger charge is -2.32. The molecule has 0 atom stereocenters. The number of nitrogens with zero attached hydrogens (tertiary/aromatic N) is 1. The quantitative estimate of drug-likeness (QED) is 0.422. The van der Waals surface area contributed by atoms with Crippen molar-refractivity contribution in [1.29, 1.82) is 0 Å². The molecular formula is C31H34N2O5. The van der Waals surface area contributed by atoms with Crippen LogP contribution in [0.4, 0.5) is 5.69 Å². The lowest BCUT2D eigenvalue weighted by atomic mass is 9.86. The van der Waals surface area contributed by atoms with E-state index in [0.717, 1.165) is 16.7 Å². The summed E-state index contributed by atoms with van der Waals surface area (Å²) in [7, 11) is 3.18. The summed E-state index contributed by atoms with van der Waals surface area (Å²) in [5, 5.41) is 2.94. The van der Waals surface area contributed by atoms with Crippen molar-refractivity contribution < 1.29 is 23.8 Å². The highest BCUT2D eigenvalue weighted by molar-refractivity contribution is 6.12. The molecule has 0 bridgehead atoms. The molecule has 0 aromatic heterocycles. The average molecular weight is 515 g/mol. The predicted molar refractivity (Wildman–Crippen MR) is 149 cm³/mol. The van der Waals surface area contributed by atoms with Gasteiger partial charge in [-0.05, 0) is 58.9 Å². The number of fused-ring (bicyclic) bond motifs is 1. The zero-order valence-electron chi connectivity index (χ0n) is 22.5. The number of anilines is 1. The van der Waals surface area contributed by atoms with E-state index in [-0.39, 0.29) is 29.5 Å². The molecule has 1 heterocycles. The van der Waals surface area contributed by atoms with E-state index in [4.69, 9.17) is 14.2 Å². The molecule has 3 aromatic carbocycles. The normalized spacial score (nSPS) is 14.1. The van der Waals surface area contributed by atoms with Crippen molar-refractivity contribution in [3.8, 4) is 17.2 Å². The van der Waals surface area contributed by atoms with Gasteiger partial charge in [0.15, 0.2) is 23.0 Å². The number of ether oxygens (including phenoxy) is 3. The Morgan fingerprint density at radius 2 is 1.71 bits per heavy atom. The molecule has 1 N–H and O–H groups in total. The number of carbonyl (C=O) groups excluding carboxylic acids is 2. The second-order valence-electron chi connectivity index (χ2n) is 10.1. The van der Waals surface area contributed by atoms with Crippen LogP contribution in [0.15, 0.2) is 72.5 Å². The summed E-state index contributed by atoms with van der Waals surface area (Å²) in [4.78, 5) is 28.1. The third kappa shape index (κ3) is 6.17. The standard InChI is InChI=1S/C31H34N2O5/c1-31(2,3)23-12-14-25-24(19-23)33(30(35)28(38-25)18-21-9-7-6-8-10-21)20-29(34)32-16-15-22-11-13-26(36-4)27(17-22)37-5/h6-14,17-19H,15-16,20H2,1-5H3,(H,32,34). The molecule has 3 aromatic rings. The summed E-state index contributed by atoms with van der Waals surface area (Å²) in [5.74, 6) is 1.38. The first kappa shape index (κ1) is 26.8. The molecule has 1 aliphatic rings. The van der Waals surface area contributed by atoms with Gasteiger partial charge < -0.3 is 19.5 Å². The van der Waals surface area contributed by atoms with Crippen LogP contribution >= 0.6 is 0 Å². The zero-order chi connectivity index (χ0) is 27.3. The number of rotatable bonds is 8. The highest BCUT2D eigenvalue weighted by atomic mass is 16.5. The third-order valence-corrected chi connectivity index (χ3v) is 6.37. The fourth-order valence-corrected chi connectivity index (χ4v) is 4.22. The molecule has 38 heavy (non-hydrogen) atoms. The molecule has 0 aliphatic carbocycles. The summed E-state index contributed by atoms with van der Waals surface area (Å²) < 4.78 is 16.7. The van der Waals surface area contributed by atoms with Gasteiger partial charge in [-0.25, -0.2) is 0 Å². The zero-order valence-corrected chi connectivity index (χ0v) is 22.5. The van der Waals surface area contributed by atoms with Crippen molar-refractivity contribution in [2.24, 2.45) is 0 Å². The number of methoxy groups -OCH3 is 2. The van der Waals surface area contributed by atoms with Crippen molar-refractivity contribution in [3.63, 3.8) is 0 Å². The maximum absolute atomic E-state index is 13.5. The monoisotopic (exact) mass is 514 g/mol. The summed E-state index contributed by atoms with van der Waals surface area (Å²) in [6.07, 6.45) is 2.30. The molecule has 0 unspecified atom stereocenters. The van der Waals surface area contributed by atoms with Crippen LogP contribution < -0.4 is 24.4 Å². The average Bonchev–Trinajstić information content (AvgIpc) is 2.90. The minimum Gasteiger partial charge on any atom is -0.493 e. The Labute approximate surface area is 224 Å². The molecule has 0 saturated carbocycles. The van der Waals surface area contributed by atoms with Crippen LogP contribution in [0, 0.1) is 0 Å². The van der Waals surface area contributed by atoms with E-state index in [1.54, 1.807) is 20.3 Å². The second-order valence-corrected chi connectivity index (χ2v) is 10.1. The van der Waals surface area contributed by atoms with Gasteiger partial charge in [-0.3, -0.25) is 14.5 Å². The lowest BCUT2D eigenvalue weighted by molar-refractivity contribution is -0.123. The van der Waals surface area contributed by atoms with Crippen molar-refractivity contribution in [2.45, 2.75) is 32.6 Å². The smallest absolute Gasteiger partial charge is 0.294 e. The highest BCUT2D eigenvalue weighted by Gasteiger charge is 2.33. The minimum absolute atomic E-state index is 0.124. The van der Waals surface area contributed by atoms with Crippen LogP contribution in [-0.4, -0.2) is 39.1 Å². The topological polar surface area (TPSA) is 77.1 Å². The van der Waals surface area contributed by atoms with Gasteiger partial charge in [-0.2, -0.15) is 0 Å². The molecule has 0 radical (unpaired) electrons. The van der Waals surface area contributed by atoms with Crippen molar-refractivity contribution in [3.05, 3.63) is 89.2 Å². The second kappa shape index (κ2) is 11.4. The van der Waals surface area contributed by atoms with Gasteiger partial charge in [0.2, 0.25) is 5.91 Å². The highest BCUT2D eigenvalue weighted by Crippen LogP contribution is 2.39. The van der Waals surface area contributed by atoms with E-state index in [2.05, 4.69) is 26.1 Å². The SMILES string of the molecule is COc1ccc(CCNC(=O)CN2C(=O)C(=Cc3ccccc3)Oc3ccc(C(C)(C)C)cc32)cc1OC. The van der Waals surface area contributed by atoms with E-state index in [0.29, 0.717) is 35.9 Å². The maximum atomic E-state index is 13.5. The van der Waals surface area contributed by atoms with Gasteiger partial charge in [0.05, 0.1) is 19.9 Å². The van der Waals surface area contributed by atoms with Gasteiger partial charge in [-0.1, -0.05) is 63.2 Å². The molecule has 198 valence electrons. The largest absolute Gasteiger partial charge is 0.493 e. The van der Waals surface area contributed by atoms with Gasteiger partial charge in [0.1, 0.15) is 6.54 Å². The van der Waals surface area contributed by atoms with E-state index < -0.39 is 0 Å². The minimum atomic E-state index is -0.359. The number of nitrogens with one attached hydrogen (secondary N) is 1. The summed E-state index contributed by atoms with van der Waals surface area (Å²) >= 11 is 0. The van der Waals surface area contributed by atoms with Crippen LogP contribution in [0.2, 0.25) is 0 Å². The Morgan fingerprint density at radius 1 is 0.974 bits per heavy atom. The van der Waals surface area contributed by atoms with Crippen LogP contribution in [0.1, 0.15) is 37.5 Å². The molecule has 7 heteroatoms. The summed E-state index contributed by atoms with van der Waals surface area (Å²) in [6, 6.07) is 21.0. The fraction of sp³-hybridized carbons (Fsp3) is 0.290. The number of hydrogen-bond donors (Lipinski definition) is 1. The third-order valence-electron chi connectivity index (χ3n) is 6.37. The van der Waals surface area contributed by atoms with E-state index in [1.807, 2.05) is 66.7 Å². The number of benzene rings is 3. The van der Waals surface area contributed by atoms with Crippen LogP contribution in [-0.2, 0) is 21.4 Å². The van der Waals surface area contributed by atoms with E-state index in [9.17, 15) is 9.59 Å². The van der Waals surface area contributed by atoms with Crippen molar-refractivity contribution >= 4 is 23.6 Å². The summed E-state index contributed by atoms with van der Waals surface area (Å²) in [5.41, 5.74) is 3.33. The molecule has 2 amide bonds. The van der Waals surface area contributed by atoms with Gasteiger partial charge in [0.25, 0.3) is 5.91 Å². The molecule has 0 fully saturated rings. The fourth-order valence-electron chi connectivity index (χ4n) is 4.22. The van der Waals surface area contributed by atoms with Crippen LogP contribution in [0.25, 0.3) is 6.08 Å². The van der Waals surface area contributed by atoms with Gasteiger partial charge in [-0.15, -0.1) is 0 Å². The molecule has 1 aliphatic heterocycles. The van der Waals surface area contributed by atoms with Crippen molar-refractivity contribution in [1.82, 2.24) is 5.32 Å².